The predicted octanol–water partition coefficient (Wildman–Crippen LogP) is 0.702. The van der Waals surface area contributed by atoms with Crippen LogP contribution in [0.15, 0.2) is 24.3 Å². The minimum atomic E-state index is -0.945. The Morgan fingerprint density at radius 2 is 2.21 bits per heavy atom. The Bertz CT molecular complexity index is 1070. The molecule has 2 aliphatic rings. The van der Waals surface area contributed by atoms with Gasteiger partial charge in [-0.1, -0.05) is 12.1 Å². The number of aliphatic hydroxyl groups excluding tert-OH is 1. The number of hydroxylamine groups is 1. The summed E-state index contributed by atoms with van der Waals surface area (Å²) in [6.07, 6.45) is 1.46. The van der Waals surface area contributed by atoms with Gasteiger partial charge in [-0.15, -0.1) is 0 Å². The highest BCUT2D eigenvalue weighted by Gasteiger charge is 2.36. The normalized spacial score (nSPS) is 21.1. The van der Waals surface area contributed by atoms with Crippen molar-refractivity contribution in [1.29, 1.82) is 5.26 Å². The van der Waals surface area contributed by atoms with Gasteiger partial charge in [0.15, 0.2) is 5.82 Å². The number of aromatic nitrogens is 2. The van der Waals surface area contributed by atoms with Crippen molar-refractivity contribution in [3.05, 3.63) is 35.4 Å². The lowest BCUT2D eigenvalue weighted by Crippen LogP contribution is -2.44. The molecule has 11 heteroatoms. The molecule has 1 aliphatic carbocycles. The molecule has 2 fully saturated rings. The molecule has 2 atom stereocenters. The van der Waals surface area contributed by atoms with Gasteiger partial charge in [0.25, 0.3) is 5.91 Å². The van der Waals surface area contributed by atoms with Crippen molar-refractivity contribution in [2.45, 2.75) is 43.5 Å². The number of rotatable bonds is 8. The van der Waals surface area contributed by atoms with Crippen molar-refractivity contribution in [3.8, 4) is 23.3 Å². The summed E-state index contributed by atoms with van der Waals surface area (Å²) in [5.41, 5.74) is 8.23. The number of anilines is 1. The second-order valence-electron chi connectivity index (χ2n) is 8.14. The molecular weight excluding hydrogens is 430 g/mol. The third-order valence-corrected chi connectivity index (χ3v) is 5.76. The summed E-state index contributed by atoms with van der Waals surface area (Å²) in [7, 11) is 0. The van der Waals surface area contributed by atoms with Crippen LogP contribution < -0.4 is 16.0 Å². The fraction of sp³-hybridized carbons (Fsp3) is 0.455. The summed E-state index contributed by atoms with van der Waals surface area (Å²) in [5.74, 6) is -0.819. The van der Waals surface area contributed by atoms with E-state index in [0.717, 1.165) is 6.42 Å². The molecule has 33 heavy (non-hydrogen) atoms. The van der Waals surface area contributed by atoms with E-state index in [9.17, 15) is 20.3 Å². The number of hydrogen-bond acceptors (Lipinski definition) is 10. The van der Waals surface area contributed by atoms with Gasteiger partial charge in [-0.05, 0) is 31.4 Å². The predicted molar refractivity (Wildman–Crippen MR) is 115 cm³/mol. The number of carbonyl (C=O) groups excluding carboxylic acids is 1. The first kappa shape index (κ1) is 22.9. The fourth-order valence-corrected chi connectivity index (χ4v) is 3.71. The molecule has 0 spiro atoms. The zero-order valence-corrected chi connectivity index (χ0v) is 17.9. The van der Waals surface area contributed by atoms with Gasteiger partial charge >= 0.3 is 0 Å². The van der Waals surface area contributed by atoms with Crippen LogP contribution in [0.1, 0.15) is 41.6 Å². The van der Waals surface area contributed by atoms with Gasteiger partial charge in [-0.2, -0.15) is 10.2 Å². The smallest absolute Gasteiger partial charge is 0.284 e. The minimum absolute atomic E-state index is 0.0578. The van der Waals surface area contributed by atoms with Crippen LogP contribution in [-0.4, -0.2) is 63.7 Å². The molecular formula is C22H25N5O6. The highest BCUT2D eigenvalue weighted by atomic mass is 16.7. The molecule has 1 saturated carbocycles. The SMILES string of the molecule is N#Cc1cccc(-c2nc(N)c(C(=O)NOCC3(O)CCC3)c(O[C@@H]3CCO[C@@H]3CO)n2)c1. The number of ether oxygens (including phenoxy) is 2. The first-order valence-electron chi connectivity index (χ1n) is 10.6. The van der Waals surface area contributed by atoms with Gasteiger partial charge in [0.1, 0.15) is 30.2 Å². The van der Waals surface area contributed by atoms with Crippen molar-refractivity contribution in [2.24, 2.45) is 0 Å². The van der Waals surface area contributed by atoms with Crippen LogP contribution in [0.3, 0.4) is 0 Å². The van der Waals surface area contributed by atoms with Gasteiger partial charge in [-0.3, -0.25) is 9.63 Å². The second kappa shape index (κ2) is 9.68. The van der Waals surface area contributed by atoms with E-state index in [1.165, 1.54) is 0 Å². The van der Waals surface area contributed by atoms with Crippen LogP contribution in [0.5, 0.6) is 5.88 Å². The van der Waals surface area contributed by atoms with E-state index in [2.05, 4.69) is 15.4 Å². The molecule has 5 N–H and O–H groups in total. The van der Waals surface area contributed by atoms with Crippen LogP contribution in [0.2, 0.25) is 0 Å². The van der Waals surface area contributed by atoms with E-state index >= 15 is 0 Å². The van der Waals surface area contributed by atoms with E-state index in [1.54, 1.807) is 24.3 Å². The average molecular weight is 455 g/mol. The number of aliphatic hydroxyl groups is 2. The van der Waals surface area contributed by atoms with Crippen LogP contribution in [0, 0.1) is 11.3 Å². The molecule has 1 aliphatic heterocycles. The zero-order chi connectivity index (χ0) is 23.4. The molecule has 1 saturated heterocycles. The topological polar surface area (TPSA) is 173 Å². The first-order chi connectivity index (χ1) is 15.9. The number of benzene rings is 1. The van der Waals surface area contributed by atoms with Gasteiger partial charge in [0.2, 0.25) is 5.88 Å². The van der Waals surface area contributed by atoms with Gasteiger partial charge in [-0.25, -0.2) is 10.5 Å². The Morgan fingerprint density at radius 3 is 2.91 bits per heavy atom. The van der Waals surface area contributed by atoms with Crippen molar-refractivity contribution in [2.75, 3.05) is 25.6 Å². The van der Waals surface area contributed by atoms with E-state index in [-0.39, 0.29) is 36.3 Å². The molecule has 11 nitrogen and oxygen atoms in total. The zero-order valence-electron chi connectivity index (χ0n) is 17.9. The maximum atomic E-state index is 12.9. The number of nitrogen functional groups attached to an aromatic ring is 1. The third kappa shape index (κ3) is 5.04. The Balaban J connectivity index is 1.63. The summed E-state index contributed by atoms with van der Waals surface area (Å²) < 4.78 is 11.4. The molecule has 1 amide bonds. The molecule has 1 aromatic carbocycles. The minimum Gasteiger partial charge on any atom is -0.471 e. The standard InChI is InChI=1S/C22H25N5O6/c23-10-13-3-1-4-14(9-13)19-25-18(24)17(20(29)27-32-12-22(30)6-2-7-22)21(26-19)33-15-5-8-31-16(15)11-28/h1,3-4,9,15-16,28,30H,2,5-8,11-12H2,(H,27,29)(H2,24,25,26)/t15-,16-/m1/s1. The molecule has 1 aromatic heterocycles. The second-order valence-corrected chi connectivity index (χ2v) is 8.14. The van der Waals surface area contributed by atoms with Crippen LogP contribution in [0.4, 0.5) is 5.82 Å². The maximum absolute atomic E-state index is 12.9. The van der Waals surface area contributed by atoms with Gasteiger partial charge in [0.05, 0.1) is 30.4 Å². The largest absolute Gasteiger partial charge is 0.471 e. The summed E-state index contributed by atoms with van der Waals surface area (Å²) in [6, 6.07) is 8.67. The average Bonchev–Trinajstić information content (AvgIpc) is 3.24. The van der Waals surface area contributed by atoms with Crippen molar-refractivity contribution < 1.29 is 29.3 Å². The quantitative estimate of drug-likeness (QED) is 0.415. The van der Waals surface area contributed by atoms with Crippen molar-refractivity contribution in [3.63, 3.8) is 0 Å². The van der Waals surface area contributed by atoms with Crippen molar-refractivity contribution in [1.82, 2.24) is 15.4 Å². The Morgan fingerprint density at radius 1 is 1.39 bits per heavy atom. The Hall–Kier alpha value is -3.30. The third-order valence-electron chi connectivity index (χ3n) is 5.76. The number of nitrogens with two attached hydrogens (primary N) is 1. The van der Waals surface area contributed by atoms with E-state index in [4.69, 9.17) is 20.0 Å². The fourth-order valence-electron chi connectivity index (χ4n) is 3.71. The summed E-state index contributed by atoms with van der Waals surface area (Å²) >= 11 is 0. The van der Waals surface area contributed by atoms with Crippen LogP contribution in [0.25, 0.3) is 11.4 Å². The lowest BCUT2D eigenvalue weighted by Gasteiger charge is -2.35. The van der Waals surface area contributed by atoms with Crippen molar-refractivity contribution >= 4 is 11.7 Å². The molecule has 174 valence electrons. The lowest BCUT2D eigenvalue weighted by molar-refractivity contribution is -0.113. The highest BCUT2D eigenvalue weighted by Crippen LogP contribution is 2.32. The highest BCUT2D eigenvalue weighted by molar-refractivity contribution is 6.00. The summed E-state index contributed by atoms with van der Waals surface area (Å²) in [6.45, 7) is 0.0695. The molecule has 0 bridgehead atoms. The maximum Gasteiger partial charge on any atom is 0.284 e. The van der Waals surface area contributed by atoms with Gasteiger partial charge in [0, 0.05) is 12.0 Å². The van der Waals surface area contributed by atoms with Crippen LogP contribution in [-0.2, 0) is 9.57 Å². The van der Waals surface area contributed by atoms with E-state index in [1.807, 2.05) is 6.07 Å². The molecule has 2 heterocycles. The molecule has 0 unspecified atom stereocenters. The number of carbonyl (C=O) groups is 1. The summed E-state index contributed by atoms with van der Waals surface area (Å²) in [5, 5.41) is 28.9. The number of nitrogens with zero attached hydrogens (tertiary/aromatic N) is 3. The Labute approximate surface area is 190 Å². The number of amides is 1. The molecule has 2 aromatic rings. The number of hydrogen-bond donors (Lipinski definition) is 4. The molecule has 4 rings (SSSR count). The van der Waals surface area contributed by atoms with E-state index in [0.29, 0.717) is 37.0 Å². The van der Waals surface area contributed by atoms with Crippen LogP contribution >= 0.6 is 0 Å². The number of nitrogens with one attached hydrogen (secondary N) is 1. The Kier molecular flexibility index (Phi) is 6.71. The van der Waals surface area contributed by atoms with Gasteiger partial charge < -0.3 is 25.4 Å². The van der Waals surface area contributed by atoms with E-state index < -0.39 is 23.7 Å². The number of nitriles is 1. The molecule has 0 radical (unpaired) electrons. The first-order valence-corrected chi connectivity index (χ1v) is 10.6. The monoisotopic (exact) mass is 455 g/mol. The summed E-state index contributed by atoms with van der Waals surface area (Å²) in [4.78, 5) is 26.7. The lowest BCUT2D eigenvalue weighted by atomic mass is 9.81.